The van der Waals surface area contributed by atoms with E-state index in [4.69, 9.17) is 5.11 Å². The zero-order valence-electron chi connectivity index (χ0n) is 9.18. The Morgan fingerprint density at radius 1 is 1.23 bits per heavy atom. The van der Waals surface area contributed by atoms with Crippen molar-refractivity contribution in [3.05, 3.63) is 0 Å². The van der Waals surface area contributed by atoms with Crippen molar-refractivity contribution < 1.29 is 10.2 Å². The van der Waals surface area contributed by atoms with E-state index < -0.39 is 11.0 Å². The zero-order chi connectivity index (χ0) is 10.7. The fraction of sp³-hybridized carbons (Fsp3) is 0.818. The summed E-state index contributed by atoms with van der Waals surface area (Å²) < 4.78 is 0. The lowest BCUT2D eigenvalue weighted by Gasteiger charge is -2.34. The van der Waals surface area contributed by atoms with E-state index in [1.165, 1.54) is 0 Å². The maximum Gasteiger partial charge on any atom is 0.129 e. The molecule has 2 heteroatoms. The van der Waals surface area contributed by atoms with Gasteiger partial charge in [0.1, 0.15) is 5.60 Å². The van der Waals surface area contributed by atoms with Crippen molar-refractivity contribution in [2.45, 2.75) is 40.2 Å². The first-order chi connectivity index (χ1) is 5.73. The summed E-state index contributed by atoms with van der Waals surface area (Å²) in [6, 6.07) is 0. The lowest BCUT2D eigenvalue weighted by Crippen LogP contribution is -2.43. The molecule has 0 aromatic heterocycles. The summed E-state index contributed by atoms with van der Waals surface area (Å²) in [5, 5.41) is 19.0. The summed E-state index contributed by atoms with van der Waals surface area (Å²) in [6.07, 6.45) is 0. The number of aliphatic hydroxyl groups excluding tert-OH is 1. The molecule has 76 valence electrons. The van der Waals surface area contributed by atoms with E-state index in [1.54, 1.807) is 20.8 Å². The molecule has 13 heavy (non-hydrogen) atoms. The fourth-order valence-corrected chi connectivity index (χ4v) is 0.608. The molecule has 0 aliphatic heterocycles. The van der Waals surface area contributed by atoms with Crippen LogP contribution in [0.25, 0.3) is 0 Å². The summed E-state index contributed by atoms with van der Waals surface area (Å²) in [5.74, 6) is 5.95. The zero-order valence-corrected chi connectivity index (χ0v) is 9.18. The van der Waals surface area contributed by atoms with Crippen LogP contribution in [0.5, 0.6) is 0 Å². The molecule has 0 radical (unpaired) electrons. The average molecular weight is 184 g/mol. The van der Waals surface area contributed by atoms with Gasteiger partial charge >= 0.3 is 0 Å². The van der Waals surface area contributed by atoms with Gasteiger partial charge in [-0.15, -0.1) is 0 Å². The molecule has 0 saturated carbocycles. The monoisotopic (exact) mass is 184 g/mol. The van der Waals surface area contributed by atoms with Gasteiger partial charge in [0.25, 0.3) is 0 Å². The van der Waals surface area contributed by atoms with Crippen LogP contribution in [-0.4, -0.2) is 22.4 Å². The maximum absolute atomic E-state index is 9.96. The molecule has 0 rings (SSSR count). The number of rotatable bonds is 2. The molecule has 0 spiro atoms. The van der Waals surface area contributed by atoms with Gasteiger partial charge in [0.15, 0.2) is 0 Å². The van der Waals surface area contributed by atoms with Gasteiger partial charge in [-0.05, 0) is 6.92 Å². The first kappa shape index (κ1) is 12.5. The van der Waals surface area contributed by atoms with Gasteiger partial charge in [-0.3, -0.25) is 0 Å². The van der Waals surface area contributed by atoms with Gasteiger partial charge in [-0.25, -0.2) is 0 Å². The van der Waals surface area contributed by atoms with Gasteiger partial charge in [-0.1, -0.05) is 39.5 Å². The summed E-state index contributed by atoms with van der Waals surface area (Å²) in [7, 11) is 0. The molecule has 2 nitrogen and oxygen atoms in total. The molecule has 1 unspecified atom stereocenters. The molecule has 2 N–H and O–H groups in total. The highest BCUT2D eigenvalue weighted by molar-refractivity contribution is 5.17. The van der Waals surface area contributed by atoms with Crippen LogP contribution >= 0.6 is 0 Å². The van der Waals surface area contributed by atoms with Crippen LogP contribution in [0.3, 0.4) is 0 Å². The molecular formula is C11H20O2. The second kappa shape index (κ2) is 4.13. The lowest BCUT2D eigenvalue weighted by molar-refractivity contribution is -0.0324. The standard InChI is InChI=1S/C11H20O2/c1-9(2)6-7-11(5,13)10(3,4)8-12/h9,12-13H,8H2,1-5H3. The Morgan fingerprint density at radius 3 is 2.00 bits per heavy atom. The highest BCUT2D eigenvalue weighted by Crippen LogP contribution is 2.29. The number of hydrogen-bond donors (Lipinski definition) is 2. The van der Waals surface area contributed by atoms with Gasteiger partial charge in [-0.2, -0.15) is 0 Å². The topological polar surface area (TPSA) is 40.5 Å². The Bertz CT molecular complexity index is 216. The van der Waals surface area contributed by atoms with E-state index in [-0.39, 0.29) is 12.5 Å². The van der Waals surface area contributed by atoms with Crippen molar-refractivity contribution in [1.82, 2.24) is 0 Å². The van der Waals surface area contributed by atoms with Gasteiger partial charge < -0.3 is 10.2 Å². The van der Waals surface area contributed by atoms with Crippen LogP contribution in [0.15, 0.2) is 0 Å². The van der Waals surface area contributed by atoms with Gasteiger partial charge in [0, 0.05) is 11.3 Å². The minimum absolute atomic E-state index is 0.0766. The Hall–Kier alpha value is -0.520. The number of hydrogen-bond acceptors (Lipinski definition) is 2. The summed E-state index contributed by atoms with van der Waals surface area (Å²) in [4.78, 5) is 0. The van der Waals surface area contributed by atoms with Crippen molar-refractivity contribution in [2.75, 3.05) is 6.61 Å². The molecule has 0 amide bonds. The minimum Gasteiger partial charge on any atom is -0.396 e. The molecule has 0 aliphatic carbocycles. The maximum atomic E-state index is 9.96. The molecular weight excluding hydrogens is 164 g/mol. The summed E-state index contributed by atoms with van der Waals surface area (Å²) in [6.45, 7) is 9.08. The molecule has 1 atom stereocenters. The van der Waals surface area contributed by atoms with Gasteiger partial charge in [0.05, 0.1) is 6.61 Å². The smallest absolute Gasteiger partial charge is 0.129 e. The Morgan fingerprint density at radius 2 is 1.69 bits per heavy atom. The second-order valence-electron chi connectivity index (χ2n) is 4.54. The van der Waals surface area contributed by atoms with Gasteiger partial charge in [0.2, 0.25) is 0 Å². The Balaban J connectivity index is 4.69. The van der Waals surface area contributed by atoms with Crippen molar-refractivity contribution >= 4 is 0 Å². The van der Waals surface area contributed by atoms with Crippen LogP contribution in [0, 0.1) is 23.2 Å². The van der Waals surface area contributed by atoms with E-state index >= 15 is 0 Å². The van der Waals surface area contributed by atoms with Crippen LogP contribution in [-0.2, 0) is 0 Å². The van der Waals surface area contributed by atoms with Crippen LogP contribution < -0.4 is 0 Å². The van der Waals surface area contributed by atoms with Crippen molar-refractivity contribution in [3.8, 4) is 11.8 Å². The van der Waals surface area contributed by atoms with Crippen LogP contribution in [0.2, 0.25) is 0 Å². The van der Waals surface area contributed by atoms with E-state index in [0.29, 0.717) is 0 Å². The van der Waals surface area contributed by atoms with Crippen molar-refractivity contribution in [1.29, 1.82) is 0 Å². The Kier molecular flexibility index (Phi) is 3.96. The molecule has 0 heterocycles. The highest BCUT2D eigenvalue weighted by atomic mass is 16.3. The minimum atomic E-state index is -1.13. The largest absolute Gasteiger partial charge is 0.396 e. The van der Waals surface area contributed by atoms with Crippen LogP contribution in [0.4, 0.5) is 0 Å². The third-order valence-electron chi connectivity index (χ3n) is 2.32. The lowest BCUT2D eigenvalue weighted by atomic mass is 9.77. The van der Waals surface area contributed by atoms with E-state index in [1.807, 2.05) is 13.8 Å². The van der Waals surface area contributed by atoms with Crippen molar-refractivity contribution in [2.24, 2.45) is 11.3 Å². The normalized spacial score (nSPS) is 16.3. The fourth-order valence-electron chi connectivity index (χ4n) is 0.608. The molecule has 0 aliphatic rings. The molecule has 0 bridgehead atoms. The SMILES string of the molecule is CC(C)C#CC(C)(O)C(C)(C)CO. The molecule has 0 fully saturated rings. The third-order valence-corrected chi connectivity index (χ3v) is 2.32. The first-order valence-corrected chi connectivity index (χ1v) is 4.59. The first-order valence-electron chi connectivity index (χ1n) is 4.59. The summed E-state index contributed by atoms with van der Waals surface area (Å²) in [5.41, 5.74) is -1.72. The average Bonchev–Trinajstić information content (AvgIpc) is 2.01. The summed E-state index contributed by atoms with van der Waals surface area (Å²) >= 11 is 0. The van der Waals surface area contributed by atoms with Crippen molar-refractivity contribution in [3.63, 3.8) is 0 Å². The van der Waals surface area contributed by atoms with E-state index in [9.17, 15) is 5.11 Å². The van der Waals surface area contributed by atoms with Crippen LogP contribution in [0.1, 0.15) is 34.6 Å². The third kappa shape index (κ3) is 3.38. The van der Waals surface area contributed by atoms with E-state index in [2.05, 4.69) is 11.8 Å². The molecule has 0 saturated heterocycles. The second-order valence-corrected chi connectivity index (χ2v) is 4.54. The predicted octanol–water partition coefficient (Wildman–Crippen LogP) is 1.42. The Labute approximate surface area is 81.0 Å². The quantitative estimate of drug-likeness (QED) is 0.637. The van der Waals surface area contributed by atoms with E-state index in [0.717, 1.165) is 0 Å². The predicted molar refractivity (Wildman–Crippen MR) is 54.1 cm³/mol. The molecule has 0 aromatic carbocycles. The highest BCUT2D eigenvalue weighted by Gasteiger charge is 2.37. The number of aliphatic hydroxyl groups is 2. The molecule has 0 aromatic rings.